The maximum atomic E-state index is 2.44. The molecule has 0 amide bonds. The van der Waals surface area contributed by atoms with Crippen molar-refractivity contribution in [3.63, 3.8) is 0 Å². The zero-order chi connectivity index (χ0) is 32.8. The van der Waals surface area contributed by atoms with E-state index in [4.69, 9.17) is 0 Å². The molecule has 0 bridgehead atoms. The molecule has 2 aromatic heterocycles. The first-order valence-corrected chi connectivity index (χ1v) is 18.7. The number of fused-ring (bicyclic) bond motifs is 11. The normalized spacial score (nSPS) is 12.0. The lowest BCUT2D eigenvalue weighted by Crippen LogP contribution is -1.91. The molecule has 11 aromatic rings. The molecule has 0 fully saturated rings. The Hall–Kier alpha value is -5.80. The SMILES string of the molecule is c1ccc(-c2ccc(-c3c4ccccc4c(-c4ccc5c(c4)sc4ccc6c(ccc7sc8ccccc8c76)c45)c4ccccc34)cc2)cc1. The Morgan fingerprint density at radius 1 is 0.240 bits per heavy atom. The standard InChI is InChI=1S/C48H28S2/c1-2-10-29(11-3-1)30-18-20-31(21-19-30)45-33-12-4-6-14-35(33)46(36-15-7-5-13-34(36)45)32-22-23-40-44(28-32)50-43-27-25-37-38(48(40)43)24-26-42-47(37)39-16-8-9-17-41(39)49-42/h1-28H. The van der Waals surface area contributed by atoms with E-state index in [1.54, 1.807) is 0 Å². The molecule has 0 saturated carbocycles. The van der Waals surface area contributed by atoms with Crippen LogP contribution in [0.1, 0.15) is 0 Å². The molecule has 232 valence electrons. The summed E-state index contributed by atoms with van der Waals surface area (Å²) in [6.45, 7) is 0. The van der Waals surface area contributed by atoms with Crippen molar-refractivity contribution >= 4 is 95.3 Å². The van der Waals surface area contributed by atoms with E-state index < -0.39 is 0 Å². The van der Waals surface area contributed by atoms with Crippen LogP contribution in [0.4, 0.5) is 0 Å². The van der Waals surface area contributed by atoms with E-state index in [9.17, 15) is 0 Å². The largest absolute Gasteiger partial charge is 0.135 e. The molecule has 50 heavy (non-hydrogen) atoms. The molecule has 0 N–H and O–H groups in total. The number of rotatable bonds is 3. The van der Waals surface area contributed by atoms with Gasteiger partial charge in [0.2, 0.25) is 0 Å². The van der Waals surface area contributed by atoms with E-state index in [0.717, 1.165) is 0 Å². The second-order valence-electron chi connectivity index (χ2n) is 13.2. The molecular weight excluding hydrogens is 641 g/mol. The number of benzene rings is 9. The Kier molecular flexibility index (Phi) is 6.09. The van der Waals surface area contributed by atoms with E-state index in [-0.39, 0.29) is 0 Å². The van der Waals surface area contributed by atoms with Crippen molar-refractivity contribution in [2.75, 3.05) is 0 Å². The highest BCUT2D eigenvalue weighted by Crippen LogP contribution is 2.47. The fraction of sp³-hybridized carbons (Fsp3) is 0. The molecular formula is C48H28S2. The van der Waals surface area contributed by atoms with Gasteiger partial charge in [0.15, 0.2) is 0 Å². The first kappa shape index (κ1) is 28.1. The van der Waals surface area contributed by atoms with E-state index in [1.165, 1.54) is 106 Å². The summed E-state index contributed by atoms with van der Waals surface area (Å²) in [4.78, 5) is 0. The van der Waals surface area contributed by atoms with Crippen molar-refractivity contribution in [1.29, 1.82) is 0 Å². The molecule has 0 unspecified atom stereocenters. The lowest BCUT2D eigenvalue weighted by molar-refractivity contribution is 1.61. The molecule has 2 heterocycles. The molecule has 0 aliphatic heterocycles. The minimum atomic E-state index is 1.23. The van der Waals surface area contributed by atoms with Crippen LogP contribution >= 0.6 is 22.7 Å². The van der Waals surface area contributed by atoms with Crippen LogP contribution in [0.2, 0.25) is 0 Å². The highest BCUT2D eigenvalue weighted by atomic mass is 32.1. The Labute approximate surface area is 297 Å². The Morgan fingerprint density at radius 3 is 1.28 bits per heavy atom. The minimum absolute atomic E-state index is 1.23. The molecule has 0 atom stereocenters. The average Bonchev–Trinajstić information content (AvgIpc) is 3.75. The molecule has 9 aromatic carbocycles. The first-order valence-electron chi connectivity index (χ1n) is 17.1. The topological polar surface area (TPSA) is 0 Å². The smallest absolute Gasteiger partial charge is 0.0361 e. The fourth-order valence-electron chi connectivity index (χ4n) is 8.27. The number of thiophene rings is 2. The molecule has 0 aliphatic carbocycles. The average molecular weight is 669 g/mol. The summed E-state index contributed by atoms with van der Waals surface area (Å²) in [6.07, 6.45) is 0. The van der Waals surface area contributed by atoms with Crippen molar-refractivity contribution in [3.05, 3.63) is 170 Å². The zero-order valence-electron chi connectivity index (χ0n) is 27.0. The Morgan fingerprint density at radius 2 is 0.660 bits per heavy atom. The van der Waals surface area contributed by atoms with Crippen LogP contribution in [-0.2, 0) is 0 Å². The predicted octanol–water partition coefficient (Wildman–Crippen LogP) is 14.9. The fourth-order valence-corrected chi connectivity index (χ4v) is 10.6. The molecule has 0 saturated heterocycles. The van der Waals surface area contributed by atoms with Gasteiger partial charge in [-0.2, -0.15) is 0 Å². The van der Waals surface area contributed by atoms with Crippen LogP contribution in [0.25, 0.3) is 106 Å². The summed E-state index contributed by atoms with van der Waals surface area (Å²) in [5.74, 6) is 0. The minimum Gasteiger partial charge on any atom is -0.135 e. The second kappa shape index (κ2) is 10.9. The highest BCUT2D eigenvalue weighted by Gasteiger charge is 2.19. The summed E-state index contributed by atoms with van der Waals surface area (Å²) in [7, 11) is 0. The second-order valence-corrected chi connectivity index (χ2v) is 15.3. The van der Waals surface area contributed by atoms with Crippen LogP contribution < -0.4 is 0 Å². The van der Waals surface area contributed by atoms with Crippen LogP contribution in [0.3, 0.4) is 0 Å². The lowest BCUT2D eigenvalue weighted by Gasteiger charge is -2.18. The van der Waals surface area contributed by atoms with Crippen molar-refractivity contribution in [2.45, 2.75) is 0 Å². The highest BCUT2D eigenvalue weighted by molar-refractivity contribution is 7.26. The van der Waals surface area contributed by atoms with Crippen LogP contribution in [0.5, 0.6) is 0 Å². The molecule has 0 radical (unpaired) electrons. The number of hydrogen-bond acceptors (Lipinski definition) is 2. The summed E-state index contributed by atoms with van der Waals surface area (Å²) in [5, 5.41) is 13.3. The molecule has 11 rings (SSSR count). The summed E-state index contributed by atoms with van der Waals surface area (Å²) in [5.41, 5.74) is 7.57. The van der Waals surface area contributed by atoms with Crippen molar-refractivity contribution in [1.82, 2.24) is 0 Å². The molecule has 0 aliphatic rings. The van der Waals surface area contributed by atoms with Gasteiger partial charge in [0.05, 0.1) is 0 Å². The molecule has 0 spiro atoms. The monoisotopic (exact) mass is 668 g/mol. The first-order chi connectivity index (χ1) is 24.8. The van der Waals surface area contributed by atoms with Gasteiger partial charge in [-0.25, -0.2) is 0 Å². The quantitative estimate of drug-likeness (QED) is 0.164. The van der Waals surface area contributed by atoms with Gasteiger partial charge >= 0.3 is 0 Å². The van der Waals surface area contributed by atoms with Crippen molar-refractivity contribution in [2.24, 2.45) is 0 Å². The maximum absolute atomic E-state index is 2.44. The van der Waals surface area contributed by atoms with E-state index in [1.807, 2.05) is 22.7 Å². The van der Waals surface area contributed by atoms with Gasteiger partial charge in [-0.05, 0) is 90.0 Å². The molecule has 0 nitrogen and oxygen atoms in total. The van der Waals surface area contributed by atoms with Gasteiger partial charge in [-0.15, -0.1) is 22.7 Å². The summed E-state index contributed by atoms with van der Waals surface area (Å²) < 4.78 is 5.38. The van der Waals surface area contributed by atoms with E-state index >= 15 is 0 Å². The third-order valence-electron chi connectivity index (χ3n) is 10.5. The summed E-state index contributed by atoms with van der Waals surface area (Å²) in [6, 6.07) is 63.0. The summed E-state index contributed by atoms with van der Waals surface area (Å²) >= 11 is 3.80. The van der Waals surface area contributed by atoms with Crippen LogP contribution in [0.15, 0.2) is 170 Å². The third kappa shape index (κ3) is 4.10. The van der Waals surface area contributed by atoms with Gasteiger partial charge in [-0.3, -0.25) is 0 Å². The third-order valence-corrected chi connectivity index (χ3v) is 12.7. The lowest BCUT2D eigenvalue weighted by atomic mass is 9.85. The van der Waals surface area contributed by atoms with Gasteiger partial charge in [-0.1, -0.05) is 146 Å². The van der Waals surface area contributed by atoms with Crippen LogP contribution in [-0.4, -0.2) is 0 Å². The van der Waals surface area contributed by atoms with Crippen molar-refractivity contribution < 1.29 is 0 Å². The van der Waals surface area contributed by atoms with Gasteiger partial charge < -0.3 is 0 Å². The van der Waals surface area contributed by atoms with E-state index in [2.05, 4.69) is 170 Å². The Balaban J connectivity index is 1.13. The Bertz CT molecular complexity index is 3070. The van der Waals surface area contributed by atoms with Gasteiger partial charge in [0.1, 0.15) is 0 Å². The van der Waals surface area contributed by atoms with Crippen LogP contribution in [0, 0.1) is 0 Å². The van der Waals surface area contributed by atoms with Gasteiger partial charge in [0, 0.05) is 40.3 Å². The predicted molar refractivity (Wildman–Crippen MR) is 221 cm³/mol. The van der Waals surface area contributed by atoms with Crippen molar-refractivity contribution in [3.8, 4) is 33.4 Å². The maximum Gasteiger partial charge on any atom is 0.0361 e. The number of hydrogen-bond donors (Lipinski definition) is 0. The van der Waals surface area contributed by atoms with E-state index in [0.29, 0.717) is 0 Å². The van der Waals surface area contributed by atoms with Gasteiger partial charge in [0.25, 0.3) is 0 Å². The molecule has 2 heteroatoms. The zero-order valence-corrected chi connectivity index (χ0v) is 28.6.